The fraction of sp³-hybridized carbons (Fsp3) is 0. The van der Waals surface area contributed by atoms with Crippen LogP contribution in [0.1, 0.15) is 0 Å². The second kappa shape index (κ2) is 6.90. The molecular formula is C12H8Cl3N3O4S. The Morgan fingerprint density at radius 3 is 2.17 bits per heavy atom. The standard InChI is InChI=1S/C12H8Cl3N3O4S/c13-7-5-8(14)12(9(15)6-7)16-17-23(21,22)11-4-2-1-3-10(11)18(19)20/h1-6,16-17H. The molecule has 2 rings (SSSR count). The van der Waals surface area contributed by atoms with Crippen molar-refractivity contribution in [3.8, 4) is 0 Å². The van der Waals surface area contributed by atoms with Crippen LogP contribution >= 0.6 is 34.8 Å². The monoisotopic (exact) mass is 395 g/mol. The van der Waals surface area contributed by atoms with Gasteiger partial charge in [-0.1, -0.05) is 46.9 Å². The molecule has 7 nitrogen and oxygen atoms in total. The minimum atomic E-state index is -4.23. The highest BCUT2D eigenvalue weighted by Crippen LogP contribution is 2.33. The topological polar surface area (TPSA) is 101 Å². The van der Waals surface area contributed by atoms with Crippen LogP contribution in [0.2, 0.25) is 15.1 Å². The summed E-state index contributed by atoms with van der Waals surface area (Å²) in [4.78, 5) is 11.6. The fourth-order valence-electron chi connectivity index (χ4n) is 1.67. The van der Waals surface area contributed by atoms with Gasteiger partial charge in [0, 0.05) is 11.1 Å². The zero-order valence-electron chi connectivity index (χ0n) is 11.1. The number of sulfonamides is 1. The van der Waals surface area contributed by atoms with Crippen LogP contribution in [0, 0.1) is 10.1 Å². The molecule has 0 spiro atoms. The Balaban J connectivity index is 2.32. The number of rotatable bonds is 5. The molecule has 0 fully saturated rings. The summed E-state index contributed by atoms with van der Waals surface area (Å²) in [5.41, 5.74) is 1.84. The van der Waals surface area contributed by atoms with Gasteiger partial charge in [-0.05, 0) is 18.2 Å². The normalized spacial score (nSPS) is 11.3. The Labute approximate surface area is 146 Å². The quantitative estimate of drug-likeness (QED) is 0.590. The molecular weight excluding hydrogens is 389 g/mol. The van der Waals surface area contributed by atoms with Crippen LogP contribution in [0.25, 0.3) is 0 Å². The zero-order valence-corrected chi connectivity index (χ0v) is 14.2. The second-order valence-corrected chi connectivity index (χ2v) is 7.10. The Bertz CT molecular complexity index is 851. The van der Waals surface area contributed by atoms with Crippen LogP contribution in [0.4, 0.5) is 11.4 Å². The number of nitrogens with one attached hydrogen (secondary N) is 2. The molecule has 23 heavy (non-hydrogen) atoms. The van der Waals surface area contributed by atoms with E-state index in [-0.39, 0.29) is 20.8 Å². The van der Waals surface area contributed by atoms with Gasteiger partial charge in [-0.25, -0.2) is 8.42 Å². The van der Waals surface area contributed by atoms with Gasteiger partial charge in [-0.15, -0.1) is 4.83 Å². The lowest BCUT2D eigenvalue weighted by atomic mass is 10.3. The molecule has 0 atom stereocenters. The van der Waals surface area contributed by atoms with Gasteiger partial charge < -0.3 is 5.43 Å². The van der Waals surface area contributed by atoms with Crippen molar-refractivity contribution in [2.45, 2.75) is 4.90 Å². The molecule has 0 amide bonds. The van der Waals surface area contributed by atoms with Crippen molar-refractivity contribution in [2.75, 3.05) is 5.43 Å². The number of halogens is 3. The number of hydrogen-bond acceptors (Lipinski definition) is 5. The predicted molar refractivity (Wildman–Crippen MR) is 88.5 cm³/mol. The van der Waals surface area contributed by atoms with E-state index in [1.54, 1.807) is 0 Å². The van der Waals surface area contributed by atoms with Crippen LogP contribution in [-0.2, 0) is 10.0 Å². The average Bonchev–Trinajstić information content (AvgIpc) is 2.46. The molecule has 0 aliphatic heterocycles. The Morgan fingerprint density at radius 2 is 1.61 bits per heavy atom. The number of nitro groups is 1. The third kappa shape index (κ3) is 4.04. The predicted octanol–water partition coefficient (Wildman–Crippen LogP) is 3.86. The Kier molecular flexibility index (Phi) is 5.33. The molecule has 0 saturated carbocycles. The first-order chi connectivity index (χ1) is 10.7. The SMILES string of the molecule is O=[N+]([O-])c1ccccc1S(=O)(=O)NNc1c(Cl)cc(Cl)cc1Cl. The highest BCUT2D eigenvalue weighted by atomic mass is 35.5. The zero-order chi connectivity index (χ0) is 17.2. The molecule has 0 aliphatic carbocycles. The number of hydrazine groups is 1. The van der Waals surface area contributed by atoms with Crippen LogP contribution in [-0.4, -0.2) is 13.3 Å². The summed E-state index contributed by atoms with van der Waals surface area (Å²) >= 11 is 17.6. The van der Waals surface area contributed by atoms with E-state index >= 15 is 0 Å². The first kappa shape index (κ1) is 17.8. The van der Waals surface area contributed by atoms with Crippen molar-refractivity contribution in [3.63, 3.8) is 0 Å². The van der Waals surface area contributed by atoms with E-state index < -0.39 is 25.5 Å². The van der Waals surface area contributed by atoms with Crippen molar-refractivity contribution >= 4 is 56.2 Å². The van der Waals surface area contributed by atoms with E-state index in [1.165, 1.54) is 24.3 Å². The van der Waals surface area contributed by atoms with Gasteiger partial charge in [-0.2, -0.15) is 0 Å². The molecule has 11 heteroatoms. The van der Waals surface area contributed by atoms with Gasteiger partial charge in [0.1, 0.15) is 0 Å². The average molecular weight is 397 g/mol. The van der Waals surface area contributed by atoms with E-state index in [4.69, 9.17) is 34.8 Å². The maximum absolute atomic E-state index is 12.2. The van der Waals surface area contributed by atoms with Gasteiger partial charge in [0.2, 0.25) is 0 Å². The van der Waals surface area contributed by atoms with Gasteiger partial charge in [-0.3, -0.25) is 10.1 Å². The number of nitro benzene ring substituents is 1. The number of anilines is 1. The van der Waals surface area contributed by atoms with Crippen LogP contribution in [0.3, 0.4) is 0 Å². The van der Waals surface area contributed by atoms with Crippen LogP contribution in [0.15, 0.2) is 41.3 Å². The van der Waals surface area contributed by atoms with Crippen molar-refractivity contribution in [1.29, 1.82) is 0 Å². The van der Waals surface area contributed by atoms with Gasteiger partial charge in [0.15, 0.2) is 4.90 Å². The molecule has 0 aromatic heterocycles. The summed E-state index contributed by atoms with van der Waals surface area (Å²) in [6.07, 6.45) is 0. The van der Waals surface area contributed by atoms with E-state index in [9.17, 15) is 18.5 Å². The molecule has 0 unspecified atom stereocenters. The highest BCUT2D eigenvalue weighted by molar-refractivity contribution is 7.89. The molecule has 0 heterocycles. The van der Waals surface area contributed by atoms with Crippen molar-refractivity contribution < 1.29 is 13.3 Å². The summed E-state index contributed by atoms with van der Waals surface area (Å²) in [5, 5.41) is 11.3. The molecule has 0 bridgehead atoms. The molecule has 2 aromatic carbocycles. The molecule has 2 N–H and O–H groups in total. The number of hydrogen-bond donors (Lipinski definition) is 2. The minimum absolute atomic E-state index is 0.0693. The molecule has 0 saturated heterocycles. The highest BCUT2D eigenvalue weighted by Gasteiger charge is 2.25. The minimum Gasteiger partial charge on any atom is -0.305 e. The van der Waals surface area contributed by atoms with E-state index in [1.807, 2.05) is 4.83 Å². The molecule has 122 valence electrons. The largest absolute Gasteiger partial charge is 0.305 e. The lowest BCUT2D eigenvalue weighted by Gasteiger charge is -2.12. The van der Waals surface area contributed by atoms with Crippen molar-refractivity contribution in [1.82, 2.24) is 4.83 Å². The maximum Gasteiger partial charge on any atom is 0.289 e. The van der Waals surface area contributed by atoms with Gasteiger partial charge >= 0.3 is 0 Å². The Hall–Kier alpha value is -1.58. The van der Waals surface area contributed by atoms with Crippen molar-refractivity contribution in [3.05, 3.63) is 61.6 Å². The van der Waals surface area contributed by atoms with Gasteiger partial charge in [0.25, 0.3) is 15.7 Å². The Morgan fingerprint density at radius 1 is 1.04 bits per heavy atom. The summed E-state index contributed by atoms with van der Waals surface area (Å²) in [5.74, 6) is 0. The third-order valence-corrected chi connectivity index (χ3v) is 4.78. The van der Waals surface area contributed by atoms with E-state index in [2.05, 4.69) is 5.43 Å². The summed E-state index contributed by atoms with van der Waals surface area (Å²) in [6, 6.07) is 7.62. The molecule has 0 aliphatic rings. The maximum atomic E-state index is 12.2. The number of nitrogens with zero attached hydrogens (tertiary/aromatic N) is 1. The summed E-state index contributed by atoms with van der Waals surface area (Å²) < 4.78 is 24.5. The third-order valence-electron chi connectivity index (χ3n) is 2.67. The van der Waals surface area contributed by atoms with Crippen LogP contribution in [0.5, 0.6) is 0 Å². The van der Waals surface area contributed by atoms with Crippen LogP contribution < -0.4 is 10.3 Å². The molecule has 0 radical (unpaired) electrons. The number of benzene rings is 2. The lowest BCUT2D eigenvalue weighted by Crippen LogP contribution is -2.30. The summed E-state index contributed by atoms with van der Waals surface area (Å²) in [6.45, 7) is 0. The van der Waals surface area contributed by atoms with Crippen molar-refractivity contribution in [2.24, 2.45) is 0 Å². The van der Waals surface area contributed by atoms with E-state index in [0.29, 0.717) is 0 Å². The lowest BCUT2D eigenvalue weighted by molar-refractivity contribution is -0.387. The first-order valence-corrected chi connectivity index (χ1v) is 8.50. The fourth-order valence-corrected chi connectivity index (χ4v) is 3.60. The molecule has 2 aromatic rings. The van der Waals surface area contributed by atoms with Gasteiger partial charge in [0.05, 0.1) is 20.7 Å². The number of para-hydroxylation sites is 1. The smallest absolute Gasteiger partial charge is 0.289 e. The second-order valence-electron chi connectivity index (χ2n) is 4.20. The summed E-state index contributed by atoms with van der Waals surface area (Å²) in [7, 11) is -4.23. The van der Waals surface area contributed by atoms with E-state index in [0.717, 1.165) is 12.1 Å². The first-order valence-electron chi connectivity index (χ1n) is 5.88.